The van der Waals surface area contributed by atoms with Crippen LogP contribution in [0.2, 0.25) is 0 Å². The zero-order valence-corrected chi connectivity index (χ0v) is 15.5. The van der Waals surface area contributed by atoms with Gasteiger partial charge in [-0.25, -0.2) is 10.1 Å². The van der Waals surface area contributed by atoms with E-state index in [4.69, 9.17) is 0 Å². The molecule has 0 unspecified atom stereocenters. The van der Waals surface area contributed by atoms with E-state index in [-0.39, 0.29) is 11.5 Å². The molecule has 0 fully saturated rings. The standard InChI is InChI=1S/C19H20N4O2S/c1-3-8-15-17(13(2)20-21-18(24)16-11-7-12-26-16)19(25)23(22-15)14-9-5-4-6-10-14/h4-7,9-12,22H,3,8H2,1-2H3,(H,21,24)/b20-13+. The van der Waals surface area contributed by atoms with Gasteiger partial charge in [0.25, 0.3) is 11.5 Å². The minimum atomic E-state index is -0.282. The van der Waals surface area contributed by atoms with Gasteiger partial charge in [0, 0.05) is 5.69 Å². The van der Waals surface area contributed by atoms with Gasteiger partial charge in [-0.3, -0.25) is 14.7 Å². The van der Waals surface area contributed by atoms with E-state index >= 15 is 0 Å². The highest BCUT2D eigenvalue weighted by Gasteiger charge is 2.17. The lowest BCUT2D eigenvalue weighted by Crippen LogP contribution is -2.23. The molecule has 6 nitrogen and oxygen atoms in total. The summed E-state index contributed by atoms with van der Waals surface area (Å²) in [4.78, 5) is 25.6. The highest BCUT2D eigenvalue weighted by Crippen LogP contribution is 2.11. The fraction of sp³-hybridized carbons (Fsp3) is 0.211. The number of amides is 1. The molecule has 0 atom stereocenters. The van der Waals surface area contributed by atoms with Crippen molar-refractivity contribution in [1.29, 1.82) is 0 Å². The molecular weight excluding hydrogens is 348 g/mol. The summed E-state index contributed by atoms with van der Waals surface area (Å²) in [6.45, 7) is 3.78. The first-order valence-electron chi connectivity index (χ1n) is 8.39. The van der Waals surface area contributed by atoms with Crippen LogP contribution in [0.15, 0.2) is 57.7 Å². The van der Waals surface area contributed by atoms with E-state index in [0.29, 0.717) is 16.2 Å². The molecule has 26 heavy (non-hydrogen) atoms. The molecule has 3 rings (SSSR count). The molecule has 2 aromatic heterocycles. The average Bonchev–Trinajstić information content (AvgIpc) is 3.29. The van der Waals surface area contributed by atoms with Gasteiger partial charge in [0.05, 0.1) is 21.8 Å². The highest BCUT2D eigenvalue weighted by molar-refractivity contribution is 7.12. The Morgan fingerprint density at radius 3 is 2.65 bits per heavy atom. The van der Waals surface area contributed by atoms with Crippen molar-refractivity contribution >= 4 is 23.0 Å². The van der Waals surface area contributed by atoms with E-state index in [9.17, 15) is 9.59 Å². The summed E-state index contributed by atoms with van der Waals surface area (Å²) in [5.41, 5.74) is 4.91. The SMILES string of the molecule is CCCc1[nH]n(-c2ccccc2)c(=O)c1/C(C)=N/NC(=O)c1cccs1. The number of nitrogens with zero attached hydrogens (tertiary/aromatic N) is 2. The molecule has 0 aliphatic heterocycles. The van der Waals surface area contributed by atoms with Crippen molar-refractivity contribution in [3.05, 3.63) is 74.3 Å². The average molecular weight is 368 g/mol. The first kappa shape index (κ1) is 17.9. The Kier molecular flexibility index (Phi) is 5.48. The maximum Gasteiger partial charge on any atom is 0.281 e. The number of aromatic nitrogens is 2. The molecule has 3 aromatic rings. The van der Waals surface area contributed by atoms with E-state index in [0.717, 1.165) is 24.2 Å². The van der Waals surface area contributed by atoms with Gasteiger partial charge in [-0.1, -0.05) is 37.6 Å². The van der Waals surface area contributed by atoms with E-state index in [1.165, 1.54) is 16.0 Å². The molecule has 0 aliphatic carbocycles. The number of nitrogens with one attached hydrogen (secondary N) is 2. The van der Waals surface area contributed by atoms with Crippen LogP contribution in [0.25, 0.3) is 5.69 Å². The normalized spacial score (nSPS) is 11.5. The van der Waals surface area contributed by atoms with Crippen molar-refractivity contribution in [2.75, 3.05) is 0 Å². The molecule has 134 valence electrons. The first-order chi connectivity index (χ1) is 12.6. The van der Waals surface area contributed by atoms with Gasteiger partial charge in [0.1, 0.15) is 0 Å². The predicted molar refractivity (Wildman–Crippen MR) is 104 cm³/mol. The molecule has 0 aliphatic rings. The van der Waals surface area contributed by atoms with Crippen molar-refractivity contribution < 1.29 is 4.79 Å². The summed E-state index contributed by atoms with van der Waals surface area (Å²) in [7, 11) is 0. The third kappa shape index (κ3) is 3.67. The quantitative estimate of drug-likeness (QED) is 0.517. The van der Waals surface area contributed by atoms with Gasteiger partial charge >= 0.3 is 0 Å². The van der Waals surface area contributed by atoms with Crippen LogP contribution in [0.5, 0.6) is 0 Å². The van der Waals surface area contributed by atoms with Crippen LogP contribution in [0, 0.1) is 0 Å². The smallest absolute Gasteiger partial charge is 0.281 e. The first-order valence-corrected chi connectivity index (χ1v) is 9.27. The second-order valence-electron chi connectivity index (χ2n) is 5.81. The maximum absolute atomic E-state index is 12.9. The van der Waals surface area contributed by atoms with Gasteiger partial charge in [-0.15, -0.1) is 11.3 Å². The number of rotatable bonds is 6. The Bertz CT molecular complexity index is 969. The monoisotopic (exact) mass is 368 g/mol. The lowest BCUT2D eigenvalue weighted by atomic mass is 10.1. The number of hydrazone groups is 1. The van der Waals surface area contributed by atoms with Gasteiger partial charge in [0.2, 0.25) is 0 Å². The van der Waals surface area contributed by atoms with Gasteiger partial charge < -0.3 is 0 Å². The lowest BCUT2D eigenvalue weighted by molar-refractivity contribution is 0.0959. The molecule has 0 saturated carbocycles. The Labute approximate surface area is 155 Å². The second-order valence-corrected chi connectivity index (χ2v) is 6.75. The van der Waals surface area contributed by atoms with E-state index in [1.807, 2.05) is 42.6 Å². The van der Waals surface area contributed by atoms with E-state index < -0.39 is 0 Å². The molecule has 1 amide bonds. The van der Waals surface area contributed by atoms with E-state index in [2.05, 4.69) is 15.6 Å². The molecule has 1 aromatic carbocycles. The number of aryl methyl sites for hydroxylation is 1. The number of thiophene rings is 1. The minimum Gasteiger partial charge on any atom is -0.294 e. The largest absolute Gasteiger partial charge is 0.294 e. The zero-order valence-electron chi connectivity index (χ0n) is 14.7. The van der Waals surface area contributed by atoms with Crippen LogP contribution in [-0.2, 0) is 6.42 Å². The number of benzene rings is 1. The maximum atomic E-state index is 12.9. The Hall–Kier alpha value is -2.93. The fourth-order valence-electron chi connectivity index (χ4n) is 2.70. The number of hydrogen-bond acceptors (Lipinski definition) is 4. The molecule has 0 radical (unpaired) electrons. The fourth-order valence-corrected chi connectivity index (χ4v) is 3.31. The van der Waals surface area contributed by atoms with Crippen molar-refractivity contribution in [2.24, 2.45) is 5.10 Å². The van der Waals surface area contributed by atoms with Crippen LogP contribution in [-0.4, -0.2) is 21.4 Å². The second kappa shape index (κ2) is 7.97. The number of carbonyl (C=O) groups is 1. The Morgan fingerprint density at radius 1 is 1.23 bits per heavy atom. The van der Waals surface area contributed by atoms with Crippen molar-refractivity contribution in [2.45, 2.75) is 26.7 Å². The van der Waals surface area contributed by atoms with Gasteiger partial charge in [-0.05, 0) is 36.9 Å². The summed E-state index contributed by atoms with van der Waals surface area (Å²) in [6.07, 6.45) is 1.60. The summed E-state index contributed by atoms with van der Waals surface area (Å²) in [6, 6.07) is 12.9. The topological polar surface area (TPSA) is 79.2 Å². The summed E-state index contributed by atoms with van der Waals surface area (Å²) in [5.74, 6) is -0.282. The third-order valence-corrected chi connectivity index (χ3v) is 4.78. The summed E-state index contributed by atoms with van der Waals surface area (Å²) >= 11 is 1.34. The lowest BCUT2D eigenvalue weighted by Gasteiger charge is -2.01. The number of para-hydroxylation sites is 1. The number of aromatic amines is 1. The molecule has 7 heteroatoms. The molecule has 2 N–H and O–H groups in total. The van der Waals surface area contributed by atoms with Crippen LogP contribution in [0.3, 0.4) is 0 Å². The molecule has 0 bridgehead atoms. The molecule has 0 saturated heterocycles. The van der Waals surface area contributed by atoms with Crippen molar-refractivity contribution in [3.8, 4) is 5.69 Å². The van der Waals surface area contributed by atoms with Crippen LogP contribution in [0.4, 0.5) is 0 Å². The number of hydrogen-bond donors (Lipinski definition) is 2. The van der Waals surface area contributed by atoms with Gasteiger partial charge in [-0.2, -0.15) is 5.10 Å². The Morgan fingerprint density at radius 2 is 2.00 bits per heavy atom. The van der Waals surface area contributed by atoms with Crippen LogP contribution < -0.4 is 11.0 Å². The number of H-pyrrole nitrogens is 1. The zero-order chi connectivity index (χ0) is 18.5. The molecule has 0 spiro atoms. The summed E-state index contributed by atoms with van der Waals surface area (Å²) < 4.78 is 1.51. The molecule has 2 heterocycles. The van der Waals surface area contributed by atoms with Crippen molar-refractivity contribution in [3.63, 3.8) is 0 Å². The Balaban J connectivity index is 1.95. The molecular formula is C19H20N4O2S. The van der Waals surface area contributed by atoms with E-state index in [1.54, 1.807) is 19.1 Å². The van der Waals surface area contributed by atoms with Gasteiger partial charge in [0.15, 0.2) is 0 Å². The van der Waals surface area contributed by atoms with Crippen LogP contribution >= 0.6 is 11.3 Å². The van der Waals surface area contributed by atoms with Crippen LogP contribution in [0.1, 0.15) is 41.2 Å². The minimum absolute atomic E-state index is 0.175. The predicted octanol–water partition coefficient (Wildman–Crippen LogP) is 3.33. The highest BCUT2D eigenvalue weighted by atomic mass is 32.1. The third-order valence-electron chi connectivity index (χ3n) is 3.91. The summed E-state index contributed by atoms with van der Waals surface area (Å²) in [5, 5.41) is 9.16. The van der Waals surface area contributed by atoms with Crippen molar-refractivity contribution in [1.82, 2.24) is 15.2 Å². The number of carbonyl (C=O) groups excluding carboxylic acids is 1.